The molecule has 0 radical (unpaired) electrons. The Morgan fingerprint density at radius 1 is 0.917 bits per heavy atom. The molecule has 1 atom stereocenters. The molecule has 190 valence electrons. The number of nitrogens with zero attached hydrogens (tertiary/aromatic N) is 1. The summed E-state index contributed by atoms with van der Waals surface area (Å²) in [5.74, 6) is -0.605. The Morgan fingerprint density at radius 2 is 1.58 bits per heavy atom. The highest BCUT2D eigenvalue weighted by Crippen LogP contribution is 2.26. The molecule has 1 unspecified atom stereocenters. The molecule has 0 bridgehead atoms. The number of carbonyl (C=O) groups is 3. The van der Waals surface area contributed by atoms with Gasteiger partial charge in [0.15, 0.2) is 0 Å². The van der Waals surface area contributed by atoms with Crippen molar-refractivity contribution in [2.75, 3.05) is 33.8 Å². The van der Waals surface area contributed by atoms with Crippen molar-refractivity contribution in [1.29, 1.82) is 0 Å². The van der Waals surface area contributed by atoms with E-state index in [4.69, 9.17) is 10.5 Å². The smallest absolute Gasteiger partial charge is 0.255 e. The molecule has 3 amide bonds. The zero-order valence-corrected chi connectivity index (χ0v) is 20.8. The predicted molar refractivity (Wildman–Crippen MR) is 141 cm³/mol. The molecule has 3 aromatic rings. The highest BCUT2D eigenvalue weighted by atomic mass is 16.5. The molecule has 36 heavy (non-hydrogen) atoms. The Kier molecular flexibility index (Phi) is 9.82. The van der Waals surface area contributed by atoms with Crippen molar-refractivity contribution in [2.45, 2.75) is 25.3 Å². The van der Waals surface area contributed by atoms with Crippen LogP contribution in [0, 0.1) is 0 Å². The number of amides is 3. The number of nitrogens with one attached hydrogen (secondary N) is 2. The Balaban J connectivity index is 1.52. The average molecular weight is 491 g/mol. The minimum absolute atomic E-state index is 0.00675. The minimum atomic E-state index is -0.617. The highest BCUT2D eigenvalue weighted by Gasteiger charge is 2.20. The number of likely N-dealkylation sites (N-methyl/N-ethyl adjacent to an activating group) is 1. The molecule has 0 aliphatic carbocycles. The molecule has 0 heterocycles. The van der Waals surface area contributed by atoms with Crippen molar-refractivity contribution >= 4 is 28.5 Å². The molecule has 0 aliphatic heterocycles. The Morgan fingerprint density at radius 3 is 2.25 bits per heavy atom. The van der Waals surface area contributed by atoms with E-state index in [1.807, 2.05) is 79.7 Å². The van der Waals surface area contributed by atoms with Crippen LogP contribution in [0.2, 0.25) is 0 Å². The maximum absolute atomic E-state index is 12.7. The van der Waals surface area contributed by atoms with E-state index in [9.17, 15) is 14.4 Å². The third-order valence-corrected chi connectivity index (χ3v) is 5.84. The SMILES string of the molecule is CN(C)C(Cc1ccccc1)C(=O)NCCCCOc1cc2ccccc2cc1C(=O)NCC(N)=O. The van der Waals surface area contributed by atoms with Gasteiger partial charge in [-0.15, -0.1) is 0 Å². The van der Waals surface area contributed by atoms with Gasteiger partial charge < -0.3 is 21.1 Å². The van der Waals surface area contributed by atoms with E-state index in [0.717, 1.165) is 22.8 Å². The fourth-order valence-corrected chi connectivity index (χ4v) is 3.86. The number of nitrogens with two attached hydrogens (primary N) is 1. The lowest BCUT2D eigenvalue weighted by Crippen LogP contribution is -2.45. The molecular formula is C28H34N4O4. The van der Waals surface area contributed by atoms with Gasteiger partial charge in [0.25, 0.3) is 5.91 Å². The number of benzene rings is 3. The van der Waals surface area contributed by atoms with Crippen LogP contribution >= 0.6 is 0 Å². The van der Waals surface area contributed by atoms with Crippen LogP contribution in [0.4, 0.5) is 0 Å². The average Bonchev–Trinajstić information content (AvgIpc) is 2.87. The molecule has 0 spiro atoms. The fourth-order valence-electron chi connectivity index (χ4n) is 3.86. The van der Waals surface area contributed by atoms with Crippen molar-refractivity contribution in [3.8, 4) is 5.75 Å². The van der Waals surface area contributed by atoms with Gasteiger partial charge in [-0.05, 0) is 61.8 Å². The summed E-state index contributed by atoms with van der Waals surface area (Å²) >= 11 is 0. The molecule has 4 N–H and O–H groups in total. The summed E-state index contributed by atoms with van der Waals surface area (Å²) in [7, 11) is 3.81. The number of carbonyl (C=O) groups excluding carboxylic acids is 3. The summed E-state index contributed by atoms with van der Waals surface area (Å²) in [6, 6.07) is 20.9. The lowest BCUT2D eigenvalue weighted by atomic mass is 10.0. The van der Waals surface area contributed by atoms with E-state index >= 15 is 0 Å². The van der Waals surface area contributed by atoms with Crippen molar-refractivity contribution in [1.82, 2.24) is 15.5 Å². The lowest BCUT2D eigenvalue weighted by Gasteiger charge is -2.23. The van der Waals surface area contributed by atoms with Crippen LogP contribution in [0.3, 0.4) is 0 Å². The first kappa shape index (κ1) is 26.7. The number of rotatable bonds is 13. The molecular weight excluding hydrogens is 456 g/mol. The van der Waals surface area contributed by atoms with Crippen molar-refractivity contribution in [3.63, 3.8) is 0 Å². The van der Waals surface area contributed by atoms with Crippen LogP contribution in [-0.4, -0.2) is 62.5 Å². The number of fused-ring (bicyclic) bond motifs is 1. The minimum Gasteiger partial charge on any atom is -0.493 e. The molecule has 0 saturated carbocycles. The molecule has 3 rings (SSSR count). The van der Waals surface area contributed by atoms with E-state index in [2.05, 4.69) is 10.6 Å². The van der Waals surface area contributed by atoms with Crippen molar-refractivity contribution < 1.29 is 19.1 Å². The van der Waals surface area contributed by atoms with Crippen LogP contribution in [-0.2, 0) is 16.0 Å². The lowest BCUT2D eigenvalue weighted by molar-refractivity contribution is -0.125. The summed E-state index contributed by atoms with van der Waals surface area (Å²) in [5.41, 5.74) is 6.61. The molecule has 0 fully saturated rings. The van der Waals surface area contributed by atoms with Crippen LogP contribution in [0.25, 0.3) is 10.8 Å². The maximum atomic E-state index is 12.7. The number of unbranched alkanes of at least 4 members (excludes halogenated alkanes) is 1. The van der Waals surface area contributed by atoms with Crippen LogP contribution in [0.5, 0.6) is 5.75 Å². The normalized spacial score (nSPS) is 11.8. The fraction of sp³-hybridized carbons (Fsp3) is 0.321. The molecule has 0 aromatic heterocycles. The first-order chi connectivity index (χ1) is 17.3. The van der Waals surface area contributed by atoms with Crippen LogP contribution < -0.4 is 21.1 Å². The highest BCUT2D eigenvalue weighted by molar-refractivity contribution is 6.02. The summed E-state index contributed by atoms with van der Waals surface area (Å²) < 4.78 is 5.95. The standard InChI is InChI=1S/C28H34N4O4/c1-32(2)24(16-20-10-4-3-5-11-20)28(35)30-14-8-9-15-36-25-18-22-13-7-6-12-21(22)17-23(25)27(34)31-19-26(29)33/h3-7,10-13,17-18,24H,8-9,14-16,19H2,1-2H3,(H2,29,33)(H,30,35)(H,31,34). The first-order valence-electron chi connectivity index (χ1n) is 12.1. The van der Waals surface area contributed by atoms with Gasteiger partial charge in [0.2, 0.25) is 11.8 Å². The number of hydrogen-bond donors (Lipinski definition) is 3. The summed E-state index contributed by atoms with van der Waals surface area (Å²) in [4.78, 5) is 38.4. The zero-order valence-electron chi connectivity index (χ0n) is 20.8. The van der Waals surface area contributed by atoms with E-state index in [1.54, 1.807) is 6.07 Å². The predicted octanol–water partition coefficient (Wildman–Crippen LogP) is 2.50. The summed E-state index contributed by atoms with van der Waals surface area (Å²) in [6.07, 6.45) is 2.07. The number of hydrogen-bond acceptors (Lipinski definition) is 5. The summed E-state index contributed by atoms with van der Waals surface area (Å²) in [5, 5.41) is 7.37. The largest absolute Gasteiger partial charge is 0.493 e. The molecule has 8 heteroatoms. The zero-order chi connectivity index (χ0) is 25.9. The Hall–Kier alpha value is -3.91. The second-order valence-corrected chi connectivity index (χ2v) is 8.86. The van der Waals surface area contributed by atoms with Gasteiger partial charge in [0.1, 0.15) is 5.75 Å². The van der Waals surface area contributed by atoms with Crippen LogP contribution in [0.1, 0.15) is 28.8 Å². The third kappa shape index (κ3) is 7.81. The number of primary amides is 1. The van der Waals surface area contributed by atoms with E-state index < -0.39 is 11.8 Å². The molecule has 0 aliphatic rings. The quantitative estimate of drug-likeness (QED) is 0.319. The maximum Gasteiger partial charge on any atom is 0.255 e. The van der Waals surface area contributed by atoms with Gasteiger partial charge in [0.05, 0.1) is 24.8 Å². The Bertz CT molecular complexity index is 1180. The van der Waals surface area contributed by atoms with Gasteiger partial charge in [-0.25, -0.2) is 0 Å². The van der Waals surface area contributed by atoms with E-state index in [0.29, 0.717) is 37.3 Å². The van der Waals surface area contributed by atoms with E-state index in [1.165, 1.54) is 0 Å². The summed E-state index contributed by atoms with van der Waals surface area (Å²) in [6.45, 7) is 0.666. The number of ether oxygens (including phenoxy) is 1. The van der Waals surface area contributed by atoms with Crippen molar-refractivity contribution in [3.05, 3.63) is 77.9 Å². The van der Waals surface area contributed by atoms with E-state index in [-0.39, 0.29) is 18.5 Å². The van der Waals surface area contributed by atoms with Gasteiger partial charge >= 0.3 is 0 Å². The Labute approximate surface area is 211 Å². The molecule has 0 saturated heterocycles. The van der Waals surface area contributed by atoms with Crippen molar-refractivity contribution in [2.24, 2.45) is 5.73 Å². The topological polar surface area (TPSA) is 114 Å². The molecule has 3 aromatic carbocycles. The van der Waals surface area contributed by atoms with Gasteiger partial charge in [-0.2, -0.15) is 0 Å². The second-order valence-electron chi connectivity index (χ2n) is 8.86. The first-order valence-corrected chi connectivity index (χ1v) is 12.1. The third-order valence-electron chi connectivity index (χ3n) is 5.84. The van der Waals surface area contributed by atoms with Gasteiger partial charge in [0, 0.05) is 6.54 Å². The van der Waals surface area contributed by atoms with Gasteiger partial charge in [-0.3, -0.25) is 19.3 Å². The molecule has 8 nitrogen and oxygen atoms in total. The van der Waals surface area contributed by atoms with Crippen LogP contribution in [0.15, 0.2) is 66.7 Å². The second kappa shape index (κ2) is 13.3. The van der Waals surface area contributed by atoms with Gasteiger partial charge in [-0.1, -0.05) is 54.6 Å². The monoisotopic (exact) mass is 490 g/mol.